The smallest absolute Gasteiger partial charge is 0.328 e. The summed E-state index contributed by atoms with van der Waals surface area (Å²) in [6.07, 6.45) is -1.31. The van der Waals surface area contributed by atoms with Crippen molar-refractivity contribution in [3.05, 3.63) is 0 Å². The number of carboxylic acid groups (broad SMARTS) is 1. The molecule has 1 saturated heterocycles. The molecule has 1 aliphatic rings. The molecule has 0 radical (unpaired) electrons. The van der Waals surface area contributed by atoms with Crippen LogP contribution in [0.15, 0.2) is 0 Å². The van der Waals surface area contributed by atoms with E-state index in [0.717, 1.165) is 4.90 Å². The van der Waals surface area contributed by atoms with Crippen molar-refractivity contribution in [2.24, 2.45) is 0 Å². The number of nitrogens with zero attached hydrogens (tertiary/aromatic N) is 1. The zero-order valence-corrected chi connectivity index (χ0v) is 10.4. The largest absolute Gasteiger partial charge is 0.480 e. The number of carboxylic acids is 1. The molecule has 4 amide bonds. The number of carbonyl (C=O) groups is 4. The van der Waals surface area contributed by atoms with Crippen LogP contribution < -0.4 is 10.6 Å². The lowest BCUT2D eigenvalue weighted by atomic mass is 10.2. The maximum absolute atomic E-state index is 11.8. The van der Waals surface area contributed by atoms with Crippen molar-refractivity contribution < 1.29 is 29.4 Å². The molecule has 3 atom stereocenters. The number of hydrogen-bond donors (Lipinski definition) is 4. The Morgan fingerprint density at radius 3 is 2.53 bits per heavy atom. The van der Waals surface area contributed by atoms with Gasteiger partial charge in [-0.15, -0.1) is 0 Å². The minimum Gasteiger partial charge on any atom is -0.480 e. The number of nitrogens with one attached hydrogen (secondary N) is 2. The molecule has 0 aromatic heterocycles. The molecule has 0 bridgehead atoms. The minimum absolute atomic E-state index is 0.356. The van der Waals surface area contributed by atoms with E-state index in [9.17, 15) is 24.3 Å². The van der Waals surface area contributed by atoms with Crippen molar-refractivity contribution in [1.29, 1.82) is 0 Å². The molecule has 0 spiro atoms. The van der Waals surface area contributed by atoms with Gasteiger partial charge in [-0.2, -0.15) is 0 Å². The van der Waals surface area contributed by atoms with Gasteiger partial charge in [0.05, 0.1) is 6.10 Å². The van der Waals surface area contributed by atoms with Gasteiger partial charge in [0, 0.05) is 0 Å². The van der Waals surface area contributed by atoms with Crippen LogP contribution in [0.3, 0.4) is 0 Å². The molecule has 9 nitrogen and oxygen atoms in total. The first kappa shape index (κ1) is 14.9. The van der Waals surface area contributed by atoms with E-state index >= 15 is 0 Å². The standard InChI is InChI=1S/C10H15N3O6/c1-4-8(16)11-6(15)3-13(4)10(19)12-7(5(2)14)9(17)18/h4-5,7,14H,3H2,1-2H3,(H,12,19)(H,17,18)(H,11,15,16)/t4?,5-,7+/m1/s1. The number of piperazine rings is 1. The summed E-state index contributed by atoms with van der Waals surface area (Å²) in [7, 11) is 0. The van der Waals surface area contributed by atoms with Crippen molar-refractivity contribution in [3.63, 3.8) is 0 Å². The van der Waals surface area contributed by atoms with E-state index in [2.05, 4.69) is 5.32 Å². The second-order valence-electron chi connectivity index (χ2n) is 4.22. The SMILES string of the molecule is CC1C(=O)NC(=O)CN1C(=O)N[C@H](C(=O)O)[C@@H](C)O. The molecule has 106 valence electrons. The van der Waals surface area contributed by atoms with Crippen LogP contribution >= 0.6 is 0 Å². The number of aliphatic hydroxyl groups excluding tert-OH is 1. The van der Waals surface area contributed by atoms with E-state index in [1.807, 2.05) is 5.32 Å². The Balaban J connectivity index is 2.78. The highest BCUT2D eigenvalue weighted by molar-refractivity contribution is 6.04. The van der Waals surface area contributed by atoms with Gasteiger partial charge in [-0.05, 0) is 13.8 Å². The molecule has 4 N–H and O–H groups in total. The van der Waals surface area contributed by atoms with E-state index in [0.29, 0.717) is 0 Å². The van der Waals surface area contributed by atoms with Crippen LogP contribution in [-0.2, 0) is 14.4 Å². The number of hydrogen-bond acceptors (Lipinski definition) is 5. The van der Waals surface area contributed by atoms with E-state index in [1.165, 1.54) is 13.8 Å². The fourth-order valence-corrected chi connectivity index (χ4v) is 1.57. The highest BCUT2D eigenvalue weighted by Crippen LogP contribution is 2.06. The number of imide groups is 1. The second-order valence-corrected chi connectivity index (χ2v) is 4.22. The van der Waals surface area contributed by atoms with E-state index < -0.39 is 42.0 Å². The summed E-state index contributed by atoms with van der Waals surface area (Å²) < 4.78 is 0. The number of rotatable bonds is 3. The maximum Gasteiger partial charge on any atom is 0.328 e. The van der Waals surface area contributed by atoms with Gasteiger partial charge in [-0.1, -0.05) is 0 Å². The number of aliphatic hydroxyl groups is 1. The first-order valence-corrected chi connectivity index (χ1v) is 5.55. The van der Waals surface area contributed by atoms with Gasteiger partial charge in [0.25, 0.3) is 0 Å². The fourth-order valence-electron chi connectivity index (χ4n) is 1.57. The summed E-state index contributed by atoms with van der Waals surface area (Å²) in [5, 5.41) is 22.2. The van der Waals surface area contributed by atoms with Crippen LogP contribution in [0, 0.1) is 0 Å². The zero-order valence-electron chi connectivity index (χ0n) is 10.4. The molecule has 19 heavy (non-hydrogen) atoms. The molecule has 0 saturated carbocycles. The molecule has 0 aromatic rings. The molecule has 1 unspecified atom stereocenters. The van der Waals surface area contributed by atoms with Crippen LogP contribution in [0.25, 0.3) is 0 Å². The van der Waals surface area contributed by atoms with Crippen molar-refractivity contribution in [2.75, 3.05) is 6.54 Å². The van der Waals surface area contributed by atoms with E-state index in [1.54, 1.807) is 0 Å². The van der Waals surface area contributed by atoms with Gasteiger partial charge >= 0.3 is 12.0 Å². The molecular weight excluding hydrogens is 258 g/mol. The monoisotopic (exact) mass is 273 g/mol. The van der Waals surface area contributed by atoms with Crippen LogP contribution in [0.2, 0.25) is 0 Å². The minimum atomic E-state index is -1.51. The molecule has 1 fully saturated rings. The van der Waals surface area contributed by atoms with Gasteiger partial charge in [0.15, 0.2) is 6.04 Å². The Hall–Kier alpha value is -2.16. The highest BCUT2D eigenvalue weighted by Gasteiger charge is 2.36. The number of urea groups is 1. The van der Waals surface area contributed by atoms with Gasteiger partial charge in [0.1, 0.15) is 12.6 Å². The quantitative estimate of drug-likeness (QED) is 0.434. The summed E-state index contributed by atoms with van der Waals surface area (Å²) in [4.78, 5) is 46.1. The van der Waals surface area contributed by atoms with Gasteiger partial charge in [-0.25, -0.2) is 9.59 Å². The summed E-state index contributed by atoms with van der Waals surface area (Å²) in [6.45, 7) is 2.25. The number of amides is 4. The van der Waals surface area contributed by atoms with Crippen LogP contribution in [0.5, 0.6) is 0 Å². The second kappa shape index (κ2) is 5.65. The molecule has 0 aromatic carbocycles. The Labute approximate surface area is 108 Å². The van der Waals surface area contributed by atoms with E-state index in [4.69, 9.17) is 5.11 Å². The lowest BCUT2D eigenvalue weighted by molar-refractivity contribution is -0.141. The first-order chi connectivity index (χ1) is 8.73. The maximum atomic E-state index is 11.8. The molecule has 9 heteroatoms. The van der Waals surface area contributed by atoms with E-state index in [-0.39, 0.29) is 6.54 Å². The Kier molecular flexibility index (Phi) is 4.43. The normalized spacial score (nSPS) is 22.5. The van der Waals surface area contributed by atoms with Crippen LogP contribution in [0.1, 0.15) is 13.8 Å². The fraction of sp³-hybridized carbons (Fsp3) is 0.600. The summed E-state index contributed by atoms with van der Waals surface area (Å²) in [6, 6.07) is -3.31. The number of carbonyl (C=O) groups excluding carboxylic acids is 3. The molecule has 1 rings (SSSR count). The summed E-state index contributed by atoms with van der Waals surface area (Å²) >= 11 is 0. The average molecular weight is 273 g/mol. The Morgan fingerprint density at radius 2 is 2.05 bits per heavy atom. The van der Waals surface area contributed by atoms with Gasteiger partial charge in [0.2, 0.25) is 11.8 Å². The Bertz CT molecular complexity index is 421. The molecule has 1 aliphatic heterocycles. The van der Waals surface area contributed by atoms with Crippen molar-refractivity contribution in [1.82, 2.24) is 15.5 Å². The topological polar surface area (TPSA) is 136 Å². The van der Waals surface area contributed by atoms with Crippen molar-refractivity contribution in [3.8, 4) is 0 Å². The predicted molar refractivity (Wildman–Crippen MR) is 61.0 cm³/mol. The third-order valence-corrected chi connectivity index (χ3v) is 2.71. The van der Waals surface area contributed by atoms with Gasteiger partial charge in [-0.3, -0.25) is 14.9 Å². The Morgan fingerprint density at radius 1 is 1.47 bits per heavy atom. The average Bonchev–Trinajstić information content (AvgIpc) is 2.29. The van der Waals surface area contributed by atoms with Crippen LogP contribution in [-0.4, -0.2) is 63.7 Å². The molecular formula is C10H15N3O6. The summed E-state index contributed by atoms with van der Waals surface area (Å²) in [5.74, 6) is -2.71. The van der Waals surface area contributed by atoms with Crippen molar-refractivity contribution >= 4 is 23.8 Å². The van der Waals surface area contributed by atoms with Crippen molar-refractivity contribution in [2.45, 2.75) is 32.0 Å². The predicted octanol–water partition coefficient (Wildman–Crippen LogP) is -2.12. The lowest BCUT2D eigenvalue weighted by Crippen LogP contribution is -2.62. The summed E-state index contributed by atoms with van der Waals surface area (Å²) in [5.41, 5.74) is 0. The lowest BCUT2D eigenvalue weighted by Gasteiger charge is -2.32. The van der Waals surface area contributed by atoms with Gasteiger partial charge < -0.3 is 20.4 Å². The van der Waals surface area contributed by atoms with Crippen LogP contribution in [0.4, 0.5) is 4.79 Å². The number of aliphatic carboxylic acids is 1. The first-order valence-electron chi connectivity index (χ1n) is 5.55. The third-order valence-electron chi connectivity index (χ3n) is 2.71. The molecule has 1 heterocycles. The zero-order chi connectivity index (χ0) is 14.7. The third kappa shape index (κ3) is 3.41. The highest BCUT2D eigenvalue weighted by atomic mass is 16.4. The molecule has 0 aliphatic carbocycles.